The molecule has 0 saturated carbocycles. The fourth-order valence-corrected chi connectivity index (χ4v) is 5.28. The molecule has 7 heteroatoms. The summed E-state index contributed by atoms with van der Waals surface area (Å²) in [4.78, 5) is 28.3. The van der Waals surface area contributed by atoms with E-state index in [1.54, 1.807) is 12.1 Å². The molecule has 1 atom stereocenters. The quantitative estimate of drug-likeness (QED) is 0.352. The summed E-state index contributed by atoms with van der Waals surface area (Å²) >= 11 is 7.57. The van der Waals surface area contributed by atoms with Crippen LogP contribution in [0.3, 0.4) is 0 Å². The lowest BCUT2D eigenvalue weighted by atomic mass is 10.1. The van der Waals surface area contributed by atoms with E-state index in [1.165, 1.54) is 16.7 Å². The van der Waals surface area contributed by atoms with Gasteiger partial charge in [-0.25, -0.2) is 0 Å². The summed E-state index contributed by atoms with van der Waals surface area (Å²) < 4.78 is 0. The highest BCUT2D eigenvalue weighted by atomic mass is 35.5. The van der Waals surface area contributed by atoms with Crippen LogP contribution in [-0.4, -0.2) is 17.1 Å². The Morgan fingerprint density at radius 3 is 2.35 bits per heavy atom. The van der Waals surface area contributed by atoms with Crippen molar-refractivity contribution in [2.45, 2.75) is 25.5 Å². The minimum atomic E-state index is -0.552. The molecule has 0 bridgehead atoms. The molecule has 1 saturated heterocycles. The SMILES string of the molecule is Cc1ccccc1NC(=O)/C(C#N)=C1\SC(Cc2ccccc2Cl)C(=O)N1c1ccccc1C. The van der Waals surface area contributed by atoms with Gasteiger partial charge in [-0.3, -0.25) is 14.5 Å². The van der Waals surface area contributed by atoms with Crippen LogP contribution in [0.2, 0.25) is 5.02 Å². The number of thioether (sulfide) groups is 1. The van der Waals surface area contributed by atoms with Crippen molar-refractivity contribution in [2.24, 2.45) is 0 Å². The Labute approximate surface area is 208 Å². The van der Waals surface area contributed by atoms with Crippen molar-refractivity contribution >= 4 is 46.6 Å². The van der Waals surface area contributed by atoms with Crippen molar-refractivity contribution in [1.82, 2.24) is 0 Å². The zero-order valence-corrected chi connectivity index (χ0v) is 20.3. The van der Waals surface area contributed by atoms with E-state index in [2.05, 4.69) is 5.32 Å². The molecule has 1 fully saturated rings. The third kappa shape index (κ3) is 4.72. The first-order valence-electron chi connectivity index (χ1n) is 10.7. The van der Waals surface area contributed by atoms with E-state index in [9.17, 15) is 14.9 Å². The first-order valence-corrected chi connectivity index (χ1v) is 12.0. The molecule has 0 radical (unpaired) electrons. The Balaban J connectivity index is 1.77. The number of rotatable bonds is 5. The van der Waals surface area contributed by atoms with Crippen molar-refractivity contribution in [3.05, 3.63) is 105 Å². The minimum absolute atomic E-state index is 0.105. The van der Waals surface area contributed by atoms with E-state index in [1.807, 2.05) is 80.6 Å². The van der Waals surface area contributed by atoms with Gasteiger partial charge in [0.25, 0.3) is 5.91 Å². The molecular weight excluding hydrogens is 466 g/mol. The highest BCUT2D eigenvalue weighted by molar-refractivity contribution is 8.05. The van der Waals surface area contributed by atoms with Crippen molar-refractivity contribution < 1.29 is 9.59 Å². The van der Waals surface area contributed by atoms with Gasteiger partial charge in [-0.05, 0) is 55.2 Å². The number of carbonyl (C=O) groups is 2. The molecule has 34 heavy (non-hydrogen) atoms. The minimum Gasteiger partial charge on any atom is -0.321 e. The summed E-state index contributed by atoms with van der Waals surface area (Å²) in [7, 11) is 0. The molecule has 2 amide bonds. The summed E-state index contributed by atoms with van der Waals surface area (Å²) in [5, 5.41) is 13.2. The number of halogens is 1. The number of nitrogens with one attached hydrogen (secondary N) is 1. The van der Waals surface area contributed by atoms with Gasteiger partial charge in [0.1, 0.15) is 16.7 Å². The number of anilines is 2. The summed E-state index contributed by atoms with van der Waals surface area (Å²) in [6, 6.07) is 24.2. The Hall–Kier alpha value is -3.53. The van der Waals surface area contributed by atoms with Crippen LogP contribution < -0.4 is 10.2 Å². The van der Waals surface area contributed by atoms with Crippen molar-refractivity contribution in [3.63, 3.8) is 0 Å². The molecule has 1 N–H and O–H groups in total. The van der Waals surface area contributed by atoms with E-state index in [0.717, 1.165) is 16.7 Å². The molecule has 3 aromatic rings. The highest BCUT2D eigenvalue weighted by Gasteiger charge is 2.41. The zero-order chi connectivity index (χ0) is 24.2. The fourth-order valence-electron chi connectivity index (χ4n) is 3.78. The largest absolute Gasteiger partial charge is 0.321 e. The van der Waals surface area contributed by atoms with Gasteiger partial charge < -0.3 is 5.32 Å². The first-order chi connectivity index (χ1) is 16.4. The van der Waals surface area contributed by atoms with Crippen LogP contribution in [0.4, 0.5) is 11.4 Å². The van der Waals surface area contributed by atoms with Gasteiger partial charge in [-0.2, -0.15) is 5.26 Å². The van der Waals surface area contributed by atoms with Crippen LogP contribution in [0.25, 0.3) is 0 Å². The molecular formula is C27H22ClN3O2S. The Morgan fingerprint density at radius 1 is 1.03 bits per heavy atom. The van der Waals surface area contributed by atoms with Crippen LogP contribution in [0.1, 0.15) is 16.7 Å². The lowest BCUT2D eigenvalue weighted by Crippen LogP contribution is -2.31. The Morgan fingerprint density at radius 2 is 1.68 bits per heavy atom. The standard InChI is InChI=1S/C27H22ClN3O2S/c1-17-9-3-7-13-22(17)30-25(32)20(16-29)27-31(23-14-8-4-10-18(23)2)26(33)24(34-27)15-19-11-5-6-12-21(19)28/h3-14,24H,15H2,1-2H3,(H,30,32)/b27-20-. The summed E-state index contributed by atoms with van der Waals surface area (Å²) in [5.41, 5.74) is 3.73. The van der Waals surface area contributed by atoms with E-state index in [-0.39, 0.29) is 11.5 Å². The molecule has 170 valence electrons. The van der Waals surface area contributed by atoms with E-state index in [4.69, 9.17) is 11.6 Å². The number of carbonyl (C=O) groups excluding carboxylic acids is 2. The van der Waals surface area contributed by atoms with Crippen LogP contribution in [0, 0.1) is 25.2 Å². The van der Waals surface area contributed by atoms with Gasteiger partial charge in [0.05, 0.1) is 10.9 Å². The maximum atomic E-state index is 13.6. The molecule has 0 aliphatic carbocycles. The number of nitrogens with zero attached hydrogens (tertiary/aromatic N) is 2. The lowest BCUT2D eigenvalue weighted by Gasteiger charge is -2.21. The topological polar surface area (TPSA) is 73.2 Å². The Kier molecular flexibility index (Phi) is 7.06. The molecule has 0 spiro atoms. The van der Waals surface area contributed by atoms with Gasteiger partial charge in [0.15, 0.2) is 0 Å². The van der Waals surface area contributed by atoms with E-state index < -0.39 is 11.2 Å². The fraction of sp³-hybridized carbons (Fsp3) is 0.148. The van der Waals surface area contributed by atoms with Crippen LogP contribution in [0.5, 0.6) is 0 Å². The molecule has 4 rings (SSSR count). The number of amides is 2. The van der Waals surface area contributed by atoms with Crippen LogP contribution in [0.15, 0.2) is 83.4 Å². The average molecular weight is 488 g/mol. The lowest BCUT2D eigenvalue weighted by molar-refractivity contribution is -0.117. The normalized spacial score (nSPS) is 16.8. The van der Waals surface area contributed by atoms with E-state index in [0.29, 0.717) is 27.8 Å². The second-order valence-corrected chi connectivity index (χ2v) is 9.52. The number of para-hydroxylation sites is 2. The van der Waals surface area contributed by atoms with Gasteiger partial charge in [-0.1, -0.05) is 78.0 Å². The monoisotopic (exact) mass is 487 g/mol. The van der Waals surface area contributed by atoms with E-state index >= 15 is 0 Å². The predicted octanol–water partition coefficient (Wildman–Crippen LogP) is 6.02. The molecule has 3 aromatic carbocycles. The van der Waals surface area contributed by atoms with Crippen LogP contribution >= 0.6 is 23.4 Å². The number of hydrogen-bond acceptors (Lipinski definition) is 4. The molecule has 0 aromatic heterocycles. The predicted molar refractivity (Wildman–Crippen MR) is 138 cm³/mol. The second-order valence-electron chi connectivity index (χ2n) is 7.92. The number of benzene rings is 3. The van der Waals surface area contributed by atoms with Crippen molar-refractivity contribution in [3.8, 4) is 6.07 Å². The van der Waals surface area contributed by atoms with Gasteiger partial charge >= 0.3 is 0 Å². The van der Waals surface area contributed by atoms with Crippen LogP contribution in [-0.2, 0) is 16.0 Å². The van der Waals surface area contributed by atoms with Gasteiger partial charge in [0, 0.05) is 10.7 Å². The molecule has 1 heterocycles. The third-order valence-electron chi connectivity index (χ3n) is 5.62. The summed E-state index contributed by atoms with van der Waals surface area (Å²) in [5.74, 6) is -0.741. The van der Waals surface area contributed by atoms with Gasteiger partial charge in [0.2, 0.25) is 5.91 Å². The van der Waals surface area contributed by atoms with Crippen molar-refractivity contribution in [2.75, 3.05) is 10.2 Å². The zero-order valence-electron chi connectivity index (χ0n) is 18.7. The summed E-state index contributed by atoms with van der Waals surface area (Å²) in [6.07, 6.45) is 0.382. The number of aryl methyl sites for hydroxylation is 2. The number of nitriles is 1. The maximum Gasteiger partial charge on any atom is 0.269 e. The average Bonchev–Trinajstić information content (AvgIpc) is 3.13. The maximum absolute atomic E-state index is 13.6. The molecule has 5 nitrogen and oxygen atoms in total. The number of hydrogen-bond donors (Lipinski definition) is 1. The van der Waals surface area contributed by atoms with Crippen molar-refractivity contribution in [1.29, 1.82) is 5.26 Å². The smallest absolute Gasteiger partial charge is 0.269 e. The van der Waals surface area contributed by atoms with Gasteiger partial charge in [-0.15, -0.1) is 0 Å². The molecule has 1 unspecified atom stereocenters. The third-order valence-corrected chi connectivity index (χ3v) is 7.25. The highest BCUT2D eigenvalue weighted by Crippen LogP contribution is 2.43. The summed E-state index contributed by atoms with van der Waals surface area (Å²) in [6.45, 7) is 3.77. The molecule has 1 aliphatic rings. The Bertz CT molecular complexity index is 1350. The first kappa shape index (κ1) is 23.6. The molecule has 1 aliphatic heterocycles. The second kappa shape index (κ2) is 10.2.